The first kappa shape index (κ1) is 17.5. The fraction of sp³-hybridized carbons (Fsp3) is 0.474. The first-order chi connectivity index (χ1) is 12.0. The number of amides is 2. The van der Waals surface area contributed by atoms with Crippen molar-refractivity contribution in [3.8, 4) is 0 Å². The van der Waals surface area contributed by atoms with Crippen LogP contribution in [-0.2, 0) is 12.0 Å². The summed E-state index contributed by atoms with van der Waals surface area (Å²) in [7, 11) is 1.73. The van der Waals surface area contributed by atoms with Crippen LogP contribution < -0.4 is 5.32 Å². The molecule has 25 heavy (non-hydrogen) atoms. The van der Waals surface area contributed by atoms with Crippen molar-refractivity contribution in [1.82, 2.24) is 15.4 Å². The molecule has 0 saturated heterocycles. The second kappa shape index (κ2) is 7.25. The highest BCUT2D eigenvalue weighted by Crippen LogP contribution is 2.40. The number of hydrogen-bond acceptors (Lipinski definition) is 3. The van der Waals surface area contributed by atoms with E-state index >= 15 is 0 Å². The number of aromatic nitrogens is 1. The summed E-state index contributed by atoms with van der Waals surface area (Å²) in [4.78, 5) is 14.0. The lowest BCUT2D eigenvalue weighted by Gasteiger charge is -2.31. The van der Waals surface area contributed by atoms with Gasteiger partial charge in [-0.1, -0.05) is 30.1 Å². The molecule has 1 aliphatic carbocycles. The predicted octanol–water partition coefficient (Wildman–Crippen LogP) is 3.78. The van der Waals surface area contributed by atoms with E-state index in [0.29, 0.717) is 13.1 Å². The zero-order valence-electron chi connectivity index (χ0n) is 14.7. The molecule has 3 rings (SSSR count). The summed E-state index contributed by atoms with van der Waals surface area (Å²) >= 11 is 0. The summed E-state index contributed by atoms with van der Waals surface area (Å²) in [5.74, 6) is 0.494. The molecule has 1 heterocycles. The third-order valence-electron chi connectivity index (χ3n) is 5.02. The van der Waals surface area contributed by atoms with Gasteiger partial charge in [-0.3, -0.25) is 0 Å². The Bertz CT molecular complexity index is 721. The minimum atomic E-state index is -0.233. The molecule has 2 amide bonds. The Morgan fingerprint density at radius 2 is 2.00 bits per heavy atom. The summed E-state index contributed by atoms with van der Waals surface area (Å²) in [6.07, 6.45) is 4.26. The second-order valence-corrected chi connectivity index (χ2v) is 6.94. The van der Waals surface area contributed by atoms with E-state index in [0.717, 1.165) is 42.7 Å². The summed E-state index contributed by atoms with van der Waals surface area (Å²) < 4.78 is 18.3. The Labute approximate surface area is 147 Å². The monoisotopic (exact) mass is 345 g/mol. The molecular weight excluding hydrogens is 321 g/mol. The average molecular weight is 345 g/mol. The smallest absolute Gasteiger partial charge is 0.317 e. The SMILES string of the molecule is Cc1cc(CN(C)C(=O)NCC2(c3ccc(F)cc3)CCCC2)no1. The van der Waals surface area contributed by atoms with Crippen LogP contribution in [-0.4, -0.2) is 29.7 Å². The Morgan fingerprint density at radius 1 is 1.32 bits per heavy atom. The molecule has 0 bridgehead atoms. The highest BCUT2D eigenvalue weighted by atomic mass is 19.1. The largest absolute Gasteiger partial charge is 0.361 e. The van der Waals surface area contributed by atoms with Gasteiger partial charge in [-0.15, -0.1) is 0 Å². The van der Waals surface area contributed by atoms with Crippen LogP contribution in [0.15, 0.2) is 34.9 Å². The van der Waals surface area contributed by atoms with E-state index in [1.165, 1.54) is 12.1 Å². The molecule has 0 atom stereocenters. The summed E-state index contributed by atoms with van der Waals surface area (Å²) in [5.41, 5.74) is 1.72. The van der Waals surface area contributed by atoms with Crippen LogP contribution >= 0.6 is 0 Å². The lowest BCUT2D eigenvalue weighted by Crippen LogP contribution is -2.44. The normalized spacial score (nSPS) is 16.0. The van der Waals surface area contributed by atoms with Gasteiger partial charge in [0, 0.05) is 25.1 Å². The molecule has 1 aromatic heterocycles. The molecule has 0 aliphatic heterocycles. The van der Waals surface area contributed by atoms with Gasteiger partial charge in [0.15, 0.2) is 0 Å². The van der Waals surface area contributed by atoms with E-state index in [9.17, 15) is 9.18 Å². The molecule has 0 unspecified atom stereocenters. The van der Waals surface area contributed by atoms with Gasteiger partial charge < -0.3 is 14.7 Å². The molecule has 1 aromatic carbocycles. The van der Waals surface area contributed by atoms with Crippen LogP contribution in [0.5, 0.6) is 0 Å². The van der Waals surface area contributed by atoms with Gasteiger partial charge in [0.25, 0.3) is 0 Å². The Kier molecular flexibility index (Phi) is 5.06. The van der Waals surface area contributed by atoms with Gasteiger partial charge >= 0.3 is 6.03 Å². The highest BCUT2D eigenvalue weighted by molar-refractivity contribution is 5.74. The van der Waals surface area contributed by atoms with Crippen LogP contribution in [0.2, 0.25) is 0 Å². The van der Waals surface area contributed by atoms with Gasteiger partial charge in [-0.25, -0.2) is 9.18 Å². The molecule has 134 valence electrons. The maximum absolute atomic E-state index is 13.2. The van der Waals surface area contributed by atoms with Crippen molar-refractivity contribution in [3.05, 3.63) is 53.2 Å². The number of aryl methyl sites for hydroxylation is 1. The predicted molar refractivity (Wildman–Crippen MR) is 92.7 cm³/mol. The number of carbonyl (C=O) groups is 1. The molecule has 0 radical (unpaired) electrons. The lowest BCUT2D eigenvalue weighted by molar-refractivity contribution is 0.202. The van der Waals surface area contributed by atoms with Crippen molar-refractivity contribution in [1.29, 1.82) is 0 Å². The number of nitrogens with one attached hydrogen (secondary N) is 1. The standard InChI is InChI=1S/C19H24FN3O2/c1-14-11-17(22-25-14)12-23(2)18(24)21-13-19(9-3-4-10-19)15-5-7-16(20)8-6-15/h5-8,11H,3-4,9-10,12-13H2,1-2H3,(H,21,24). The van der Waals surface area contributed by atoms with E-state index in [1.54, 1.807) is 11.9 Å². The maximum Gasteiger partial charge on any atom is 0.317 e. The van der Waals surface area contributed by atoms with Crippen LogP contribution in [0.3, 0.4) is 0 Å². The summed E-state index contributed by atoms with van der Waals surface area (Å²) in [6, 6.07) is 8.35. The summed E-state index contributed by atoms with van der Waals surface area (Å²) in [5, 5.41) is 6.95. The highest BCUT2D eigenvalue weighted by Gasteiger charge is 2.36. The van der Waals surface area contributed by atoms with Crippen molar-refractivity contribution in [3.63, 3.8) is 0 Å². The topological polar surface area (TPSA) is 58.4 Å². The fourth-order valence-electron chi connectivity index (χ4n) is 3.61. The van der Waals surface area contributed by atoms with Gasteiger partial charge in [0.05, 0.1) is 6.54 Å². The molecule has 1 aliphatic rings. The molecule has 5 nitrogen and oxygen atoms in total. The third-order valence-corrected chi connectivity index (χ3v) is 5.02. The number of carbonyl (C=O) groups excluding carboxylic acids is 1. The summed E-state index contributed by atoms with van der Waals surface area (Å²) in [6.45, 7) is 2.77. The molecule has 6 heteroatoms. The van der Waals surface area contributed by atoms with E-state index in [2.05, 4.69) is 10.5 Å². The Morgan fingerprint density at radius 3 is 2.60 bits per heavy atom. The average Bonchev–Trinajstić information content (AvgIpc) is 3.23. The molecule has 1 saturated carbocycles. The van der Waals surface area contributed by atoms with Crippen LogP contribution in [0.25, 0.3) is 0 Å². The third kappa shape index (κ3) is 4.00. The number of hydrogen-bond donors (Lipinski definition) is 1. The number of urea groups is 1. The second-order valence-electron chi connectivity index (χ2n) is 6.94. The van der Waals surface area contributed by atoms with Crippen molar-refractivity contribution in [2.24, 2.45) is 0 Å². The molecule has 1 N–H and O–H groups in total. The fourth-order valence-corrected chi connectivity index (χ4v) is 3.61. The number of benzene rings is 1. The van der Waals surface area contributed by atoms with Crippen LogP contribution in [0.4, 0.5) is 9.18 Å². The van der Waals surface area contributed by atoms with E-state index < -0.39 is 0 Å². The zero-order chi connectivity index (χ0) is 17.9. The van der Waals surface area contributed by atoms with E-state index in [1.807, 2.05) is 25.1 Å². The van der Waals surface area contributed by atoms with Gasteiger partial charge in [0.1, 0.15) is 17.3 Å². The first-order valence-corrected chi connectivity index (χ1v) is 8.66. The van der Waals surface area contributed by atoms with Crippen molar-refractivity contribution >= 4 is 6.03 Å². The van der Waals surface area contributed by atoms with Gasteiger partial charge in [-0.2, -0.15) is 0 Å². The Hall–Kier alpha value is -2.37. The molecule has 2 aromatic rings. The van der Waals surface area contributed by atoms with E-state index in [-0.39, 0.29) is 17.3 Å². The minimum Gasteiger partial charge on any atom is -0.361 e. The Balaban J connectivity index is 1.63. The van der Waals surface area contributed by atoms with Crippen molar-refractivity contribution in [2.75, 3.05) is 13.6 Å². The number of rotatable bonds is 5. The number of halogens is 1. The molecular formula is C19H24FN3O2. The van der Waals surface area contributed by atoms with Crippen LogP contribution in [0.1, 0.15) is 42.7 Å². The minimum absolute atomic E-state index is 0.103. The van der Waals surface area contributed by atoms with Gasteiger partial charge in [-0.05, 0) is 37.5 Å². The van der Waals surface area contributed by atoms with Crippen molar-refractivity contribution in [2.45, 2.75) is 44.6 Å². The molecule has 1 fully saturated rings. The van der Waals surface area contributed by atoms with Crippen molar-refractivity contribution < 1.29 is 13.7 Å². The number of nitrogens with zero attached hydrogens (tertiary/aromatic N) is 2. The van der Waals surface area contributed by atoms with Gasteiger partial charge in [0.2, 0.25) is 0 Å². The first-order valence-electron chi connectivity index (χ1n) is 8.66. The maximum atomic E-state index is 13.2. The quantitative estimate of drug-likeness (QED) is 0.897. The van der Waals surface area contributed by atoms with Crippen LogP contribution in [0, 0.1) is 12.7 Å². The zero-order valence-corrected chi connectivity index (χ0v) is 14.7. The lowest BCUT2D eigenvalue weighted by atomic mass is 9.79. The van der Waals surface area contributed by atoms with E-state index in [4.69, 9.17) is 4.52 Å². The molecule has 0 spiro atoms.